The Bertz CT molecular complexity index is 3360. The largest absolute Gasteiger partial charge is 0.311 e. The van der Waals surface area contributed by atoms with Gasteiger partial charge < -0.3 is 9.80 Å². The zero-order chi connectivity index (χ0) is 48.9. The van der Waals surface area contributed by atoms with E-state index in [1.54, 1.807) is 11.1 Å². The second kappa shape index (κ2) is 14.3. The van der Waals surface area contributed by atoms with Crippen LogP contribution in [0.15, 0.2) is 109 Å². The number of hydrogen-bond acceptors (Lipinski definition) is 3. The van der Waals surface area contributed by atoms with Crippen LogP contribution in [0.4, 0.5) is 33.4 Å². The number of benzene rings is 6. The zero-order valence-electron chi connectivity index (χ0n) is 44.4. The molecule has 5 aliphatic carbocycles. The number of rotatable bonds is 3. The molecule has 0 atom stereocenters. The van der Waals surface area contributed by atoms with Gasteiger partial charge in [-0.25, -0.2) is 0 Å². The van der Waals surface area contributed by atoms with Crippen LogP contribution in [-0.2, 0) is 37.9 Å². The molecule has 3 heterocycles. The Labute approximate surface area is 424 Å². The maximum absolute atomic E-state index is 2.76. The Morgan fingerprint density at radius 1 is 0.443 bits per heavy atom. The predicted octanol–water partition coefficient (Wildman–Crippen LogP) is 16.7. The van der Waals surface area contributed by atoms with Gasteiger partial charge in [0.2, 0.25) is 0 Å². The molecule has 70 heavy (non-hydrogen) atoms. The molecule has 4 heteroatoms. The molecule has 2 nitrogen and oxygen atoms in total. The first-order chi connectivity index (χ1) is 33.0. The normalized spacial score (nSPS) is 23.8. The fraction of sp³-hybridized carbons (Fsp3) is 0.424. The summed E-state index contributed by atoms with van der Waals surface area (Å²) in [6.45, 7) is 32.2. The second-order valence-corrected chi connectivity index (χ2v) is 28.3. The number of hydrogen-bond donors (Lipinski definition) is 0. The molecule has 14 rings (SSSR count). The lowest BCUT2D eigenvalue weighted by Gasteiger charge is -2.52. The predicted molar refractivity (Wildman–Crippen MR) is 304 cm³/mol. The van der Waals surface area contributed by atoms with E-state index in [1.165, 1.54) is 150 Å². The van der Waals surface area contributed by atoms with Gasteiger partial charge in [0.25, 0.3) is 6.71 Å². The van der Waals surface area contributed by atoms with Crippen molar-refractivity contribution in [3.8, 4) is 11.1 Å². The lowest BCUT2D eigenvalue weighted by atomic mass is 9.33. The minimum Gasteiger partial charge on any atom is -0.311 e. The topological polar surface area (TPSA) is 6.48 Å². The van der Waals surface area contributed by atoms with Crippen molar-refractivity contribution in [1.82, 2.24) is 0 Å². The van der Waals surface area contributed by atoms with Gasteiger partial charge in [0.05, 0.1) is 5.00 Å². The van der Waals surface area contributed by atoms with E-state index in [4.69, 9.17) is 0 Å². The van der Waals surface area contributed by atoms with E-state index in [1.807, 2.05) is 0 Å². The minimum atomic E-state index is -0.0200. The third-order valence-corrected chi connectivity index (χ3v) is 20.9. The summed E-state index contributed by atoms with van der Waals surface area (Å²) in [6.07, 6.45) is 9.91. The summed E-state index contributed by atoms with van der Waals surface area (Å²) in [7, 11) is 0. The SMILES string of the molecule is CC(C)(C)c1ccc2c(c1)B1c3c(cc(-c4ccccc4)cc3N(c3ccc4c(c3)C(C)(C)CCC4(C)C)c3sc4cc5c(cc4c31)C1(C)CCC5(C)CC1)N2c1ccc2c(c1)C(C)(C)CCC2(C)C. The quantitative estimate of drug-likeness (QED) is 0.163. The third-order valence-electron chi connectivity index (χ3n) is 19.7. The lowest BCUT2D eigenvalue weighted by molar-refractivity contribution is 0.188. The van der Waals surface area contributed by atoms with Crippen molar-refractivity contribution in [2.45, 2.75) is 179 Å². The Morgan fingerprint density at radius 2 is 0.957 bits per heavy atom. The first-order valence-electron chi connectivity index (χ1n) is 26.9. The number of nitrogens with zero attached hydrogens (tertiary/aromatic N) is 2. The van der Waals surface area contributed by atoms with Crippen LogP contribution in [0.5, 0.6) is 0 Å². The van der Waals surface area contributed by atoms with Crippen LogP contribution in [0.1, 0.15) is 180 Å². The van der Waals surface area contributed by atoms with Gasteiger partial charge in [-0.05, 0) is 216 Å². The average molecular weight is 937 g/mol. The Morgan fingerprint density at radius 3 is 1.51 bits per heavy atom. The monoisotopic (exact) mass is 937 g/mol. The fourth-order valence-electron chi connectivity index (χ4n) is 14.7. The highest BCUT2D eigenvalue weighted by Gasteiger charge is 2.51. The molecule has 0 spiro atoms. The molecule has 0 radical (unpaired) electrons. The van der Waals surface area contributed by atoms with Crippen LogP contribution in [0.2, 0.25) is 0 Å². The molecule has 0 amide bonds. The smallest absolute Gasteiger partial charge is 0.254 e. The van der Waals surface area contributed by atoms with Crippen molar-refractivity contribution in [3.63, 3.8) is 0 Å². The molecule has 6 aromatic carbocycles. The van der Waals surface area contributed by atoms with E-state index in [0.29, 0.717) is 0 Å². The molecule has 0 saturated heterocycles. The maximum atomic E-state index is 2.76. The zero-order valence-corrected chi connectivity index (χ0v) is 45.2. The Kier molecular flexibility index (Phi) is 9.19. The highest BCUT2D eigenvalue weighted by molar-refractivity contribution is 7.26. The summed E-state index contributed by atoms with van der Waals surface area (Å²) < 4.78 is 1.44. The standard InChI is InChI=1S/C66H73BN2S/c1-60(2,3)42-19-24-53-52(35-42)67-57-45-38-50-51(66(13)31-29-65(50,12)30-32-66)39-56(45)70-59(57)69(44-21-23-47-49(37-44)64(10,11)28-26-62(47,6)7)55-34-41(40-17-15-14-16-18-40)33-54(58(55)67)68(53)43-20-22-46-48(36-43)63(8,9)27-25-61(46,4)5/h14-24,33-39H,25-32H2,1-13H3. The Balaban J connectivity index is 1.17. The molecule has 2 bridgehead atoms. The summed E-state index contributed by atoms with van der Waals surface area (Å²) in [5.41, 5.74) is 24.8. The molecule has 1 aromatic heterocycles. The molecular weight excluding hydrogens is 864 g/mol. The van der Waals surface area contributed by atoms with Crippen molar-refractivity contribution >= 4 is 78.0 Å². The van der Waals surface area contributed by atoms with Crippen LogP contribution in [0.3, 0.4) is 0 Å². The van der Waals surface area contributed by atoms with Gasteiger partial charge >= 0.3 is 0 Å². The highest BCUT2D eigenvalue weighted by Crippen LogP contribution is 2.59. The molecule has 2 aliphatic heterocycles. The molecular formula is C66H73BN2S. The summed E-state index contributed by atoms with van der Waals surface area (Å²) in [6, 6.07) is 44.5. The Hall–Kier alpha value is -5.06. The van der Waals surface area contributed by atoms with Crippen molar-refractivity contribution in [1.29, 1.82) is 0 Å². The molecule has 1 saturated carbocycles. The lowest BCUT2D eigenvalue weighted by Crippen LogP contribution is -2.61. The van der Waals surface area contributed by atoms with Crippen LogP contribution >= 0.6 is 11.3 Å². The van der Waals surface area contributed by atoms with Crippen LogP contribution in [0, 0.1) is 0 Å². The van der Waals surface area contributed by atoms with E-state index in [-0.39, 0.29) is 44.6 Å². The molecule has 356 valence electrons. The summed E-state index contributed by atoms with van der Waals surface area (Å²) >= 11 is 2.06. The molecule has 0 unspecified atom stereocenters. The first kappa shape index (κ1) is 44.9. The molecule has 7 aliphatic rings. The van der Waals surface area contributed by atoms with Crippen molar-refractivity contribution in [3.05, 3.63) is 148 Å². The van der Waals surface area contributed by atoms with Gasteiger partial charge in [0.1, 0.15) is 0 Å². The summed E-state index contributed by atoms with van der Waals surface area (Å²) in [5, 5.41) is 2.85. The number of fused-ring (bicyclic) bond motifs is 10. The van der Waals surface area contributed by atoms with Gasteiger partial charge in [-0.2, -0.15) is 0 Å². The van der Waals surface area contributed by atoms with Crippen molar-refractivity contribution < 1.29 is 0 Å². The second-order valence-electron chi connectivity index (χ2n) is 27.3. The van der Waals surface area contributed by atoms with Crippen LogP contribution in [0.25, 0.3) is 21.2 Å². The van der Waals surface area contributed by atoms with Gasteiger partial charge in [-0.3, -0.25) is 0 Å². The molecule has 7 aromatic rings. The summed E-state index contributed by atoms with van der Waals surface area (Å²) in [4.78, 5) is 5.45. The van der Waals surface area contributed by atoms with Crippen LogP contribution < -0.4 is 26.2 Å². The van der Waals surface area contributed by atoms with E-state index >= 15 is 0 Å². The third kappa shape index (κ3) is 6.29. The average Bonchev–Trinajstić information content (AvgIpc) is 3.70. The van der Waals surface area contributed by atoms with E-state index in [0.717, 1.165) is 0 Å². The van der Waals surface area contributed by atoms with Crippen molar-refractivity contribution in [2.24, 2.45) is 0 Å². The van der Waals surface area contributed by atoms with E-state index in [2.05, 4.69) is 220 Å². The molecule has 0 N–H and O–H groups in total. The summed E-state index contributed by atoms with van der Waals surface area (Å²) in [5.74, 6) is 0. The highest BCUT2D eigenvalue weighted by atomic mass is 32.1. The van der Waals surface area contributed by atoms with Gasteiger partial charge in [-0.1, -0.05) is 145 Å². The van der Waals surface area contributed by atoms with Gasteiger partial charge in [0, 0.05) is 33.1 Å². The van der Waals surface area contributed by atoms with Gasteiger partial charge in [-0.15, -0.1) is 11.3 Å². The number of thiophene rings is 1. The first-order valence-corrected chi connectivity index (χ1v) is 27.7. The number of anilines is 6. The minimum absolute atomic E-state index is 0.0200. The molecule has 1 fully saturated rings. The van der Waals surface area contributed by atoms with E-state index in [9.17, 15) is 0 Å². The maximum Gasteiger partial charge on any atom is 0.254 e. The van der Waals surface area contributed by atoms with Crippen LogP contribution in [-0.4, -0.2) is 6.71 Å². The van der Waals surface area contributed by atoms with Crippen molar-refractivity contribution in [2.75, 3.05) is 9.80 Å². The van der Waals surface area contributed by atoms with Gasteiger partial charge in [0.15, 0.2) is 0 Å². The van der Waals surface area contributed by atoms with E-state index < -0.39 is 0 Å². The fourth-order valence-corrected chi connectivity index (χ4v) is 16.0.